The largest absolute Gasteiger partial charge is 0.342 e. The van der Waals surface area contributed by atoms with E-state index < -0.39 is 0 Å². The second-order valence-electron chi connectivity index (χ2n) is 6.58. The van der Waals surface area contributed by atoms with E-state index >= 15 is 0 Å². The number of carbonyl (C=O) groups excluding carboxylic acids is 2. The number of likely N-dealkylation sites (N-methyl/N-ethyl adjacent to an activating group) is 1. The Morgan fingerprint density at radius 2 is 1.65 bits per heavy atom. The highest BCUT2D eigenvalue weighted by Gasteiger charge is 2.22. The highest BCUT2D eigenvalue weighted by molar-refractivity contribution is 6.31. The van der Waals surface area contributed by atoms with Gasteiger partial charge in [-0.05, 0) is 38.5 Å². The van der Waals surface area contributed by atoms with Crippen molar-refractivity contribution in [2.75, 3.05) is 57.7 Å². The Hall–Kier alpha value is -1.63. The van der Waals surface area contributed by atoms with Crippen LogP contribution in [0.25, 0.3) is 0 Å². The van der Waals surface area contributed by atoms with Crippen LogP contribution in [0.15, 0.2) is 18.2 Å². The summed E-state index contributed by atoms with van der Waals surface area (Å²) in [5.74, 6) is 0.139. The van der Waals surface area contributed by atoms with Crippen LogP contribution in [0.1, 0.15) is 19.4 Å². The number of piperazine rings is 1. The number of rotatable bonds is 7. The quantitative estimate of drug-likeness (QED) is 0.786. The highest BCUT2D eigenvalue weighted by atomic mass is 35.5. The van der Waals surface area contributed by atoms with Gasteiger partial charge in [0.05, 0.1) is 13.1 Å². The Labute approximate surface area is 161 Å². The second kappa shape index (κ2) is 9.90. The van der Waals surface area contributed by atoms with E-state index in [9.17, 15) is 9.59 Å². The molecule has 1 heterocycles. The Bertz CT molecular complexity index is 626. The van der Waals surface area contributed by atoms with Gasteiger partial charge in [0.25, 0.3) is 0 Å². The van der Waals surface area contributed by atoms with Gasteiger partial charge in [-0.15, -0.1) is 0 Å². The van der Waals surface area contributed by atoms with Crippen LogP contribution in [0, 0.1) is 6.92 Å². The lowest BCUT2D eigenvalue weighted by Crippen LogP contribution is -2.51. The van der Waals surface area contributed by atoms with Gasteiger partial charge in [0.1, 0.15) is 0 Å². The molecule has 26 heavy (non-hydrogen) atoms. The standard InChI is InChI=1S/C19H29ClN4O2/c1-4-24(5-2)19(26)14-23-11-9-22(10-12-23)13-18(25)21-17-8-6-7-16(20)15(17)3/h6-8H,4-5,9-14H2,1-3H3,(H,21,25). The smallest absolute Gasteiger partial charge is 0.238 e. The number of halogens is 1. The molecule has 0 unspecified atom stereocenters. The number of benzene rings is 1. The molecular weight excluding hydrogens is 352 g/mol. The normalized spacial score (nSPS) is 15.7. The fraction of sp³-hybridized carbons (Fsp3) is 0.579. The molecule has 1 fully saturated rings. The predicted octanol–water partition coefficient (Wildman–Crippen LogP) is 2.07. The molecule has 0 aliphatic carbocycles. The summed E-state index contributed by atoms with van der Waals surface area (Å²) in [5.41, 5.74) is 1.63. The molecule has 1 aliphatic heterocycles. The number of nitrogens with one attached hydrogen (secondary N) is 1. The molecular formula is C19H29ClN4O2. The lowest BCUT2D eigenvalue weighted by molar-refractivity contribution is -0.132. The molecule has 1 saturated heterocycles. The number of carbonyl (C=O) groups is 2. The Morgan fingerprint density at radius 1 is 1.08 bits per heavy atom. The predicted molar refractivity (Wildman–Crippen MR) is 106 cm³/mol. The van der Waals surface area contributed by atoms with Gasteiger partial charge >= 0.3 is 0 Å². The van der Waals surface area contributed by atoms with Crippen molar-refractivity contribution in [1.29, 1.82) is 0 Å². The molecule has 6 nitrogen and oxygen atoms in total. The average molecular weight is 381 g/mol. The van der Waals surface area contributed by atoms with E-state index in [1.54, 1.807) is 0 Å². The minimum absolute atomic E-state index is 0.0389. The first kappa shape index (κ1) is 20.7. The zero-order valence-electron chi connectivity index (χ0n) is 15.9. The minimum atomic E-state index is -0.0389. The van der Waals surface area contributed by atoms with Crippen molar-refractivity contribution < 1.29 is 9.59 Å². The van der Waals surface area contributed by atoms with Crippen LogP contribution < -0.4 is 5.32 Å². The molecule has 0 spiro atoms. The zero-order valence-corrected chi connectivity index (χ0v) is 16.7. The van der Waals surface area contributed by atoms with Crippen molar-refractivity contribution in [3.63, 3.8) is 0 Å². The van der Waals surface area contributed by atoms with Crippen LogP contribution >= 0.6 is 11.6 Å². The molecule has 1 aromatic rings. The fourth-order valence-corrected chi connectivity index (χ4v) is 3.28. The van der Waals surface area contributed by atoms with Gasteiger partial charge in [0.15, 0.2) is 0 Å². The number of amides is 2. The topological polar surface area (TPSA) is 55.9 Å². The van der Waals surface area contributed by atoms with Gasteiger partial charge in [-0.25, -0.2) is 0 Å². The van der Waals surface area contributed by atoms with E-state index in [1.807, 2.05) is 43.9 Å². The maximum atomic E-state index is 12.3. The summed E-state index contributed by atoms with van der Waals surface area (Å²) in [6, 6.07) is 5.50. The summed E-state index contributed by atoms with van der Waals surface area (Å²) in [4.78, 5) is 30.6. The van der Waals surface area contributed by atoms with Gasteiger partial charge < -0.3 is 10.2 Å². The second-order valence-corrected chi connectivity index (χ2v) is 6.99. The molecule has 1 aliphatic rings. The first-order chi connectivity index (χ1) is 12.4. The number of nitrogens with zero attached hydrogens (tertiary/aromatic N) is 3. The number of hydrogen-bond acceptors (Lipinski definition) is 4. The first-order valence-corrected chi connectivity index (χ1v) is 9.59. The van der Waals surface area contributed by atoms with Gasteiger partial charge in [-0.2, -0.15) is 0 Å². The van der Waals surface area contributed by atoms with E-state index in [1.165, 1.54) is 0 Å². The van der Waals surface area contributed by atoms with Gasteiger partial charge in [-0.1, -0.05) is 17.7 Å². The van der Waals surface area contributed by atoms with Crippen molar-refractivity contribution >= 4 is 29.1 Å². The third-order valence-corrected chi connectivity index (χ3v) is 5.26. The summed E-state index contributed by atoms with van der Waals surface area (Å²) in [5, 5.41) is 3.58. The SMILES string of the molecule is CCN(CC)C(=O)CN1CCN(CC(=O)Nc2cccc(Cl)c2C)CC1. The van der Waals surface area contributed by atoms with Crippen LogP contribution in [0.3, 0.4) is 0 Å². The molecule has 2 rings (SSSR count). The molecule has 0 atom stereocenters. The van der Waals surface area contributed by atoms with Crippen molar-refractivity contribution in [2.24, 2.45) is 0 Å². The van der Waals surface area contributed by atoms with Crippen LogP contribution in [0.2, 0.25) is 5.02 Å². The molecule has 144 valence electrons. The lowest BCUT2D eigenvalue weighted by Gasteiger charge is -2.34. The maximum Gasteiger partial charge on any atom is 0.238 e. The van der Waals surface area contributed by atoms with Crippen LogP contribution in [-0.4, -0.2) is 78.9 Å². The summed E-state index contributed by atoms with van der Waals surface area (Å²) in [7, 11) is 0. The molecule has 7 heteroatoms. The highest BCUT2D eigenvalue weighted by Crippen LogP contribution is 2.22. The van der Waals surface area contributed by atoms with E-state index in [0.717, 1.165) is 50.5 Å². The maximum absolute atomic E-state index is 12.3. The summed E-state index contributed by atoms with van der Waals surface area (Å²) < 4.78 is 0. The number of anilines is 1. The molecule has 0 radical (unpaired) electrons. The Balaban J connectivity index is 1.77. The summed E-state index contributed by atoms with van der Waals surface area (Å²) in [6.07, 6.45) is 0. The van der Waals surface area contributed by atoms with Crippen molar-refractivity contribution in [3.8, 4) is 0 Å². The molecule has 2 amide bonds. The number of hydrogen-bond donors (Lipinski definition) is 1. The third-order valence-electron chi connectivity index (χ3n) is 4.85. The van der Waals surface area contributed by atoms with Gasteiger partial charge in [-0.3, -0.25) is 19.4 Å². The van der Waals surface area contributed by atoms with Gasteiger partial charge in [0.2, 0.25) is 11.8 Å². The third kappa shape index (κ3) is 5.69. The van der Waals surface area contributed by atoms with E-state index in [0.29, 0.717) is 18.1 Å². The lowest BCUT2D eigenvalue weighted by atomic mass is 10.2. The van der Waals surface area contributed by atoms with E-state index in [2.05, 4.69) is 15.1 Å². The molecule has 0 aromatic heterocycles. The van der Waals surface area contributed by atoms with Crippen LogP contribution in [0.5, 0.6) is 0 Å². The van der Waals surface area contributed by atoms with Gasteiger partial charge in [0, 0.05) is 50.0 Å². The summed E-state index contributed by atoms with van der Waals surface area (Å²) in [6.45, 7) is 11.4. The van der Waals surface area contributed by atoms with E-state index in [4.69, 9.17) is 11.6 Å². The van der Waals surface area contributed by atoms with Crippen LogP contribution in [-0.2, 0) is 9.59 Å². The van der Waals surface area contributed by atoms with Crippen molar-refractivity contribution in [3.05, 3.63) is 28.8 Å². The molecule has 0 saturated carbocycles. The van der Waals surface area contributed by atoms with Crippen LogP contribution in [0.4, 0.5) is 5.69 Å². The Morgan fingerprint density at radius 3 is 2.23 bits per heavy atom. The molecule has 0 bridgehead atoms. The zero-order chi connectivity index (χ0) is 19.1. The Kier molecular flexibility index (Phi) is 7.87. The van der Waals surface area contributed by atoms with Crippen molar-refractivity contribution in [1.82, 2.24) is 14.7 Å². The first-order valence-electron chi connectivity index (χ1n) is 9.22. The monoisotopic (exact) mass is 380 g/mol. The molecule has 1 aromatic carbocycles. The fourth-order valence-electron chi connectivity index (χ4n) is 3.11. The summed E-state index contributed by atoms with van der Waals surface area (Å²) >= 11 is 6.09. The molecule has 1 N–H and O–H groups in total. The average Bonchev–Trinajstić information content (AvgIpc) is 2.62. The van der Waals surface area contributed by atoms with Crippen molar-refractivity contribution in [2.45, 2.75) is 20.8 Å². The van der Waals surface area contributed by atoms with E-state index in [-0.39, 0.29) is 11.8 Å². The minimum Gasteiger partial charge on any atom is -0.342 e.